The van der Waals surface area contributed by atoms with Crippen LogP contribution in [0.5, 0.6) is 11.5 Å². The smallest absolute Gasteiger partial charge is 0.162 e. The lowest BCUT2D eigenvalue weighted by molar-refractivity contribution is -0.119. The first-order valence-corrected chi connectivity index (χ1v) is 14.0. The molecule has 0 radical (unpaired) electrons. The minimum Gasteiger partial charge on any atom is -0.487 e. The lowest BCUT2D eigenvalue weighted by Gasteiger charge is -2.39. The van der Waals surface area contributed by atoms with Crippen LogP contribution in [0.4, 0.5) is 0 Å². The molecule has 0 bridgehead atoms. The van der Waals surface area contributed by atoms with Gasteiger partial charge in [-0.3, -0.25) is 9.78 Å². The number of hydrogen-bond acceptors (Lipinski definition) is 6. The fourth-order valence-electron chi connectivity index (χ4n) is 5.91. The zero-order valence-corrected chi connectivity index (χ0v) is 23.2. The van der Waals surface area contributed by atoms with E-state index in [-0.39, 0.29) is 5.60 Å². The van der Waals surface area contributed by atoms with Crippen molar-refractivity contribution in [1.29, 1.82) is 0 Å². The van der Waals surface area contributed by atoms with Gasteiger partial charge < -0.3 is 19.1 Å². The second-order valence-electron chi connectivity index (χ2n) is 11.1. The molecule has 3 aliphatic heterocycles. The monoisotopic (exact) mass is 544 g/mol. The highest BCUT2D eigenvalue weighted by atomic mass is 35.5. The number of halogens is 1. The van der Waals surface area contributed by atoms with Crippen molar-refractivity contribution >= 4 is 23.5 Å². The summed E-state index contributed by atoms with van der Waals surface area (Å²) in [5.74, 6) is 1.42. The number of aromatic nitrogens is 1. The molecule has 202 valence electrons. The van der Waals surface area contributed by atoms with E-state index in [9.17, 15) is 4.79 Å². The van der Waals surface area contributed by atoms with E-state index in [2.05, 4.69) is 28.1 Å². The molecule has 0 atom stereocenters. The van der Waals surface area contributed by atoms with Gasteiger partial charge in [0.1, 0.15) is 18.1 Å². The summed E-state index contributed by atoms with van der Waals surface area (Å²) in [6.45, 7) is 7.49. The molecule has 0 amide bonds. The number of benzene rings is 2. The lowest BCUT2D eigenvalue weighted by Crippen LogP contribution is -2.42. The van der Waals surface area contributed by atoms with Crippen molar-refractivity contribution in [3.63, 3.8) is 0 Å². The third-order valence-electron chi connectivity index (χ3n) is 7.97. The Hall–Kier alpha value is -3.19. The molecule has 0 unspecified atom stereocenters. The van der Waals surface area contributed by atoms with Gasteiger partial charge in [-0.15, -0.1) is 0 Å². The van der Waals surface area contributed by atoms with E-state index in [1.54, 1.807) is 20.0 Å². The quantitative estimate of drug-likeness (QED) is 0.338. The van der Waals surface area contributed by atoms with Gasteiger partial charge in [-0.1, -0.05) is 29.8 Å². The van der Waals surface area contributed by atoms with E-state index in [0.717, 1.165) is 78.3 Å². The molecule has 39 heavy (non-hydrogen) atoms. The highest BCUT2D eigenvalue weighted by Crippen LogP contribution is 2.45. The van der Waals surface area contributed by atoms with E-state index in [1.165, 1.54) is 11.1 Å². The molecular weight excluding hydrogens is 512 g/mol. The average Bonchev–Trinajstić information content (AvgIpc) is 3.19. The number of pyridine rings is 1. The van der Waals surface area contributed by atoms with Crippen LogP contribution in [0.25, 0.3) is 5.57 Å². The summed E-state index contributed by atoms with van der Waals surface area (Å²) >= 11 is 6.21. The van der Waals surface area contributed by atoms with Crippen molar-refractivity contribution in [2.45, 2.75) is 57.5 Å². The van der Waals surface area contributed by atoms with Crippen LogP contribution in [0, 0.1) is 0 Å². The molecule has 1 spiro atoms. The van der Waals surface area contributed by atoms with Crippen molar-refractivity contribution in [3.05, 3.63) is 93.8 Å². The highest BCUT2D eigenvalue weighted by Gasteiger charge is 2.42. The maximum atomic E-state index is 11.5. The molecule has 4 heterocycles. The third kappa shape index (κ3) is 5.21. The molecule has 0 N–H and O–H groups in total. The molecule has 6 rings (SSSR count). The molecular formula is C32H33ClN2O4. The fourth-order valence-corrected chi connectivity index (χ4v) is 6.10. The first kappa shape index (κ1) is 26.1. The zero-order valence-electron chi connectivity index (χ0n) is 22.4. The summed E-state index contributed by atoms with van der Waals surface area (Å²) in [7, 11) is 0. The van der Waals surface area contributed by atoms with Crippen molar-refractivity contribution in [2.24, 2.45) is 0 Å². The highest BCUT2D eigenvalue weighted by molar-refractivity contribution is 6.30. The van der Waals surface area contributed by atoms with E-state index in [1.807, 2.05) is 36.4 Å². The van der Waals surface area contributed by atoms with Crippen LogP contribution in [0.1, 0.15) is 61.1 Å². The number of aldehydes is 1. The normalized spacial score (nSPS) is 19.1. The minimum atomic E-state index is -0.912. The Bertz CT molecular complexity index is 1430. The molecule has 1 fully saturated rings. The number of carbonyl (C=O) groups excluding carboxylic acids is 1. The second kappa shape index (κ2) is 10.4. The van der Waals surface area contributed by atoms with Crippen LogP contribution >= 0.6 is 11.6 Å². The molecule has 3 aromatic rings. The first-order chi connectivity index (χ1) is 18.9. The third-order valence-corrected chi connectivity index (χ3v) is 8.21. The Morgan fingerprint density at radius 2 is 1.95 bits per heavy atom. The Kier molecular flexibility index (Phi) is 6.96. The zero-order chi connectivity index (χ0) is 27.0. The van der Waals surface area contributed by atoms with Crippen molar-refractivity contribution in [1.82, 2.24) is 9.88 Å². The number of fused-ring (bicyclic) bond motifs is 4. The number of nitrogens with zero attached hydrogens (tertiary/aromatic N) is 2. The van der Waals surface area contributed by atoms with Crippen LogP contribution in [-0.4, -0.2) is 41.4 Å². The Balaban J connectivity index is 1.20. The predicted molar refractivity (Wildman–Crippen MR) is 151 cm³/mol. The first-order valence-electron chi connectivity index (χ1n) is 13.6. The summed E-state index contributed by atoms with van der Waals surface area (Å²) in [5.41, 5.74) is 5.45. The molecule has 1 aromatic heterocycles. The van der Waals surface area contributed by atoms with E-state index in [4.69, 9.17) is 25.8 Å². The molecule has 2 aromatic carbocycles. The summed E-state index contributed by atoms with van der Waals surface area (Å²) < 4.78 is 18.5. The molecule has 7 heteroatoms. The van der Waals surface area contributed by atoms with Crippen LogP contribution in [0.2, 0.25) is 5.02 Å². The van der Waals surface area contributed by atoms with Crippen LogP contribution in [-0.2, 0) is 28.3 Å². The number of piperidine rings is 1. The molecule has 1 saturated heterocycles. The maximum Gasteiger partial charge on any atom is 0.162 e. The summed E-state index contributed by atoms with van der Waals surface area (Å²) in [4.78, 5) is 18.6. The Morgan fingerprint density at radius 3 is 2.77 bits per heavy atom. The molecule has 0 saturated carbocycles. The van der Waals surface area contributed by atoms with Gasteiger partial charge in [-0.25, -0.2) is 0 Å². The fraction of sp³-hybridized carbons (Fsp3) is 0.375. The minimum absolute atomic E-state index is 0.178. The largest absolute Gasteiger partial charge is 0.487 e. The second-order valence-corrected chi connectivity index (χ2v) is 11.5. The number of rotatable bonds is 6. The summed E-state index contributed by atoms with van der Waals surface area (Å²) in [5, 5.41) is 0.772. The van der Waals surface area contributed by atoms with Crippen molar-refractivity contribution in [2.75, 3.05) is 19.6 Å². The van der Waals surface area contributed by atoms with Gasteiger partial charge in [-0.2, -0.15) is 0 Å². The molecule has 6 nitrogen and oxygen atoms in total. The van der Waals surface area contributed by atoms with Gasteiger partial charge in [0.25, 0.3) is 0 Å². The number of ether oxygens (including phenoxy) is 3. The van der Waals surface area contributed by atoms with Gasteiger partial charge in [0, 0.05) is 42.0 Å². The Morgan fingerprint density at radius 1 is 1.10 bits per heavy atom. The van der Waals surface area contributed by atoms with Crippen LogP contribution < -0.4 is 9.47 Å². The van der Waals surface area contributed by atoms with Crippen LogP contribution in [0.3, 0.4) is 0 Å². The van der Waals surface area contributed by atoms with Gasteiger partial charge in [0.05, 0.1) is 17.9 Å². The molecule has 0 aliphatic carbocycles. The van der Waals surface area contributed by atoms with Crippen molar-refractivity contribution < 1.29 is 19.0 Å². The van der Waals surface area contributed by atoms with Gasteiger partial charge >= 0.3 is 0 Å². The average molecular weight is 545 g/mol. The lowest BCUT2D eigenvalue weighted by atomic mass is 9.84. The SMILES string of the molecule is CC(C)(C=O)Oc1ccc2c(c1)/C(=C/CCN1CCC3(CC1)OCc1cc(Cl)ccc13)c1cccnc1CO2. The predicted octanol–water partition coefficient (Wildman–Crippen LogP) is 6.33. The van der Waals surface area contributed by atoms with E-state index < -0.39 is 5.60 Å². The maximum absolute atomic E-state index is 11.5. The summed E-state index contributed by atoms with van der Waals surface area (Å²) in [6.07, 6.45) is 7.75. The number of carbonyl (C=O) groups is 1. The summed E-state index contributed by atoms with van der Waals surface area (Å²) in [6, 6.07) is 16.0. The molecule has 3 aliphatic rings. The topological polar surface area (TPSA) is 60.9 Å². The van der Waals surface area contributed by atoms with Gasteiger partial charge in [0.15, 0.2) is 11.9 Å². The number of hydrogen-bond donors (Lipinski definition) is 0. The standard InChI is InChI=1S/C32H33ClN2O4/c1-31(2,21-36)39-24-8-10-30-27(18-24)25(26-5-3-13-34-29(26)20-37-30)6-4-14-35-15-11-32(12-16-35)28-9-7-23(33)17-22(28)19-38-32/h3,5-10,13,17-18,21H,4,11-12,14-16,19-20H2,1-2H3/b25-6+. The number of likely N-dealkylation sites (tertiary alicyclic amines) is 1. The van der Waals surface area contributed by atoms with Crippen molar-refractivity contribution in [3.8, 4) is 11.5 Å². The van der Waals surface area contributed by atoms with Gasteiger partial charge in [0.2, 0.25) is 0 Å². The van der Waals surface area contributed by atoms with Gasteiger partial charge in [-0.05, 0) is 86.2 Å². The Labute approximate surface area is 234 Å². The van der Waals surface area contributed by atoms with E-state index in [0.29, 0.717) is 19.0 Å². The van der Waals surface area contributed by atoms with E-state index >= 15 is 0 Å². The van der Waals surface area contributed by atoms with Crippen LogP contribution in [0.15, 0.2) is 60.8 Å².